The summed E-state index contributed by atoms with van der Waals surface area (Å²) in [6.07, 6.45) is 12.5. The van der Waals surface area contributed by atoms with Crippen LogP contribution >= 0.6 is 0 Å². The minimum absolute atomic E-state index is 0. The van der Waals surface area contributed by atoms with Gasteiger partial charge in [-0.05, 0) is 13.5 Å². The number of nitrogens with one attached hydrogen (secondary N) is 1. The Morgan fingerprint density at radius 3 is 2.33 bits per heavy atom. The summed E-state index contributed by atoms with van der Waals surface area (Å²) in [6, 6.07) is 11.7. The number of hydrogen-bond acceptors (Lipinski definition) is 3. The third-order valence-corrected chi connectivity index (χ3v) is 2.59. The maximum atomic E-state index is 8.95. The number of ether oxygens (including phenoxy) is 1. The van der Waals surface area contributed by atoms with Crippen LogP contribution in [0.4, 0.5) is 0 Å². The second kappa shape index (κ2) is 21.1. The number of methoxy groups -OCH3 is 1. The fraction of sp³-hybridized carbons (Fsp3) is 0.316. The Morgan fingerprint density at radius 2 is 1.96 bits per heavy atom. The first kappa shape index (κ1) is 28.9. The van der Waals surface area contributed by atoms with Gasteiger partial charge in [-0.1, -0.05) is 19.9 Å². The molecular formula is C19H25NO2Y2-2. The molecule has 0 amide bonds. The van der Waals surface area contributed by atoms with Crippen LogP contribution in [0.1, 0.15) is 25.8 Å². The van der Waals surface area contributed by atoms with Gasteiger partial charge in [0, 0.05) is 71.5 Å². The van der Waals surface area contributed by atoms with Crippen molar-refractivity contribution in [3.05, 3.63) is 65.8 Å². The van der Waals surface area contributed by atoms with Gasteiger partial charge in [0.25, 0.3) is 6.47 Å². The van der Waals surface area contributed by atoms with E-state index in [2.05, 4.69) is 54.3 Å². The first-order chi connectivity index (χ1) is 10.6. The summed E-state index contributed by atoms with van der Waals surface area (Å²) in [4.78, 5) is 8.95. The summed E-state index contributed by atoms with van der Waals surface area (Å²) in [5, 5.41) is 3.03. The molecule has 1 aliphatic rings. The zero-order valence-corrected chi connectivity index (χ0v) is 20.6. The normalized spacial score (nSPS) is 11.1. The van der Waals surface area contributed by atoms with Crippen LogP contribution in [0.25, 0.3) is 6.08 Å². The Balaban J connectivity index is -0.000000343. The number of carbonyl (C=O) groups excluding carboxylic acids is 1. The van der Waals surface area contributed by atoms with E-state index < -0.39 is 0 Å². The molecule has 24 heavy (non-hydrogen) atoms. The minimum atomic E-state index is 0. The summed E-state index contributed by atoms with van der Waals surface area (Å²) in [6.45, 7) is 4.60. The summed E-state index contributed by atoms with van der Waals surface area (Å²) in [5.74, 6) is 0. The van der Waals surface area contributed by atoms with E-state index in [0.717, 1.165) is 12.0 Å². The molecule has 1 aliphatic carbocycles. The van der Waals surface area contributed by atoms with Crippen LogP contribution in [-0.4, -0.2) is 26.7 Å². The molecule has 0 heterocycles. The average Bonchev–Trinajstić information content (AvgIpc) is 3.08. The Kier molecular flexibility index (Phi) is 25.4. The van der Waals surface area contributed by atoms with Gasteiger partial charge in [0.15, 0.2) is 0 Å². The smallest absolute Gasteiger partial charge is 0.292 e. The zero-order chi connectivity index (χ0) is 16.6. The maximum absolute atomic E-state index is 8.95. The fourth-order valence-electron chi connectivity index (χ4n) is 1.22. The van der Waals surface area contributed by atoms with Crippen molar-refractivity contribution in [3.8, 4) is 0 Å². The SMILES string of the molecule is CNC(C)C.COC=O.[C-](=Cc1[c-]cccc1)C1=CC=CC1.[Y].[Y]. The molecule has 3 nitrogen and oxygen atoms in total. The molecule has 1 N–H and O–H groups in total. The Hall–Kier alpha value is 0.0778. The van der Waals surface area contributed by atoms with Gasteiger partial charge in [0.2, 0.25) is 0 Å². The van der Waals surface area contributed by atoms with Gasteiger partial charge in [0.05, 0.1) is 7.11 Å². The van der Waals surface area contributed by atoms with Crippen LogP contribution in [0.15, 0.2) is 48.1 Å². The molecule has 1 aromatic carbocycles. The molecule has 2 rings (SSSR count). The number of carbonyl (C=O) groups is 1. The molecule has 0 aliphatic heterocycles. The quantitative estimate of drug-likeness (QED) is 0.533. The van der Waals surface area contributed by atoms with Gasteiger partial charge in [-0.2, -0.15) is 29.8 Å². The van der Waals surface area contributed by atoms with Crippen LogP contribution in [0, 0.1) is 12.1 Å². The zero-order valence-electron chi connectivity index (χ0n) is 15.0. The van der Waals surface area contributed by atoms with Crippen LogP contribution in [0.2, 0.25) is 0 Å². The molecule has 0 atom stereocenters. The molecule has 0 fully saturated rings. The fourth-order valence-corrected chi connectivity index (χ4v) is 1.22. The molecule has 0 bridgehead atoms. The predicted molar refractivity (Wildman–Crippen MR) is 92.1 cm³/mol. The van der Waals surface area contributed by atoms with Crippen molar-refractivity contribution in [1.29, 1.82) is 0 Å². The second-order valence-electron chi connectivity index (χ2n) is 4.71. The topological polar surface area (TPSA) is 38.3 Å². The summed E-state index contributed by atoms with van der Waals surface area (Å²) in [5.41, 5.74) is 2.31. The number of allylic oxidation sites excluding steroid dienone is 5. The Morgan fingerprint density at radius 1 is 1.33 bits per heavy atom. The van der Waals surface area contributed by atoms with Gasteiger partial charge in [-0.15, -0.1) is 12.1 Å². The van der Waals surface area contributed by atoms with E-state index in [4.69, 9.17) is 4.79 Å². The van der Waals surface area contributed by atoms with E-state index in [-0.39, 0.29) is 65.4 Å². The molecule has 2 radical (unpaired) electrons. The minimum Gasteiger partial charge on any atom is -0.471 e. The summed E-state index contributed by atoms with van der Waals surface area (Å²) < 4.78 is 3.86. The molecule has 0 unspecified atom stereocenters. The van der Waals surface area contributed by atoms with E-state index >= 15 is 0 Å². The van der Waals surface area contributed by atoms with Crippen molar-refractivity contribution >= 4 is 12.5 Å². The van der Waals surface area contributed by atoms with E-state index in [1.54, 1.807) is 0 Å². The van der Waals surface area contributed by atoms with E-state index in [9.17, 15) is 0 Å². The van der Waals surface area contributed by atoms with Crippen LogP contribution in [0.3, 0.4) is 0 Å². The molecule has 0 saturated carbocycles. The third kappa shape index (κ3) is 18.4. The van der Waals surface area contributed by atoms with Gasteiger partial charge in [-0.25, -0.2) is 12.1 Å². The van der Waals surface area contributed by atoms with Crippen LogP contribution in [-0.2, 0) is 74.9 Å². The standard InChI is InChI=1S/C13H10.C4H11N.C2H4O2.2Y/c1-2-6-12(7-3-1)10-11-13-8-4-5-9-13;1-4(2)5-3;1-4-2-3;;/h1-6,8,10H,9H2;4-5H,1-3H3;2H,1H3;;/q-2;;;;. The molecule has 0 spiro atoms. The molecule has 1 aromatic rings. The summed E-state index contributed by atoms with van der Waals surface area (Å²) in [7, 11) is 3.26. The summed E-state index contributed by atoms with van der Waals surface area (Å²) >= 11 is 0. The van der Waals surface area contributed by atoms with Crippen molar-refractivity contribution in [2.75, 3.05) is 14.2 Å². The first-order valence-electron chi connectivity index (χ1n) is 7.19. The molecule has 126 valence electrons. The van der Waals surface area contributed by atoms with Crippen molar-refractivity contribution in [3.63, 3.8) is 0 Å². The van der Waals surface area contributed by atoms with Crippen molar-refractivity contribution in [2.45, 2.75) is 26.3 Å². The average molecular weight is 477 g/mol. The van der Waals surface area contributed by atoms with Gasteiger partial charge < -0.3 is 10.1 Å². The second-order valence-corrected chi connectivity index (χ2v) is 4.71. The van der Waals surface area contributed by atoms with Crippen LogP contribution < -0.4 is 5.32 Å². The molecule has 0 saturated heterocycles. The molecule has 5 heteroatoms. The van der Waals surface area contributed by atoms with Gasteiger partial charge in [0.1, 0.15) is 0 Å². The number of benzene rings is 1. The van der Waals surface area contributed by atoms with Crippen molar-refractivity contribution in [1.82, 2.24) is 5.32 Å². The van der Waals surface area contributed by atoms with E-state index in [0.29, 0.717) is 12.5 Å². The van der Waals surface area contributed by atoms with E-state index in [1.165, 1.54) is 12.7 Å². The van der Waals surface area contributed by atoms with Crippen molar-refractivity contribution < 1.29 is 74.9 Å². The number of hydrogen-bond donors (Lipinski definition) is 1. The monoisotopic (exact) mass is 477 g/mol. The van der Waals surface area contributed by atoms with Gasteiger partial charge >= 0.3 is 0 Å². The first-order valence-corrected chi connectivity index (χ1v) is 7.19. The number of rotatable bonds is 4. The van der Waals surface area contributed by atoms with Crippen LogP contribution in [0.5, 0.6) is 0 Å². The molecular weight excluding hydrogens is 452 g/mol. The Labute approximate surface area is 197 Å². The predicted octanol–water partition coefficient (Wildman–Crippen LogP) is 3.59. The van der Waals surface area contributed by atoms with E-state index in [1.807, 2.05) is 37.4 Å². The molecule has 0 aromatic heterocycles. The van der Waals surface area contributed by atoms with Crippen molar-refractivity contribution in [2.24, 2.45) is 0 Å². The third-order valence-electron chi connectivity index (χ3n) is 2.59. The largest absolute Gasteiger partial charge is 0.471 e. The van der Waals surface area contributed by atoms with Gasteiger partial charge in [-0.3, -0.25) is 16.4 Å². The maximum Gasteiger partial charge on any atom is 0.292 e. The Bertz CT molecular complexity index is 483.